The van der Waals surface area contributed by atoms with Gasteiger partial charge in [0.25, 0.3) is 0 Å². The first-order chi connectivity index (χ1) is 7.29. The molecule has 1 aromatic heterocycles. The number of hydrogen-bond acceptors (Lipinski definition) is 3. The van der Waals surface area contributed by atoms with Crippen LogP contribution in [-0.4, -0.2) is 35.5 Å². The monoisotopic (exact) mass is 289 g/mol. The predicted octanol–water partition coefficient (Wildman–Crippen LogP) is 2.73. The lowest BCUT2D eigenvalue weighted by molar-refractivity contribution is -0.0496. The molecule has 1 aliphatic rings. The van der Waals surface area contributed by atoms with Crippen molar-refractivity contribution in [1.82, 2.24) is 4.90 Å². The van der Waals surface area contributed by atoms with Gasteiger partial charge in [-0.2, -0.15) is 0 Å². The highest BCUT2D eigenvalue weighted by molar-refractivity contribution is 9.09. The van der Waals surface area contributed by atoms with Crippen LogP contribution in [0.25, 0.3) is 0 Å². The third-order valence-electron chi connectivity index (χ3n) is 2.75. The van der Waals surface area contributed by atoms with Crippen molar-refractivity contribution in [1.29, 1.82) is 0 Å². The van der Waals surface area contributed by atoms with Gasteiger partial charge in [0.05, 0.1) is 12.7 Å². The van der Waals surface area contributed by atoms with Gasteiger partial charge in [0.1, 0.15) is 0 Å². The van der Waals surface area contributed by atoms with E-state index in [4.69, 9.17) is 4.74 Å². The lowest BCUT2D eigenvalue weighted by Crippen LogP contribution is -2.48. The van der Waals surface area contributed by atoms with E-state index in [1.54, 1.807) is 0 Å². The quantitative estimate of drug-likeness (QED) is 0.794. The minimum atomic E-state index is 0.348. The topological polar surface area (TPSA) is 12.5 Å². The fourth-order valence-electron chi connectivity index (χ4n) is 1.79. The number of halogens is 1. The first-order valence-corrected chi connectivity index (χ1v) is 7.23. The van der Waals surface area contributed by atoms with Crippen molar-refractivity contribution in [3.05, 3.63) is 22.4 Å². The number of nitrogens with zero attached hydrogens (tertiary/aromatic N) is 1. The molecule has 2 nitrogen and oxygen atoms in total. The van der Waals surface area contributed by atoms with E-state index in [1.165, 1.54) is 4.88 Å². The van der Waals surface area contributed by atoms with Crippen LogP contribution in [0.5, 0.6) is 0 Å². The van der Waals surface area contributed by atoms with Gasteiger partial charge in [-0.3, -0.25) is 4.90 Å². The van der Waals surface area contributed by atoms with Crippen LogP contribution in [0.15, 0.2) is 17.5 Å². The van der Waals surface area contributed by atoms with Gasteiger partial charge in [-0.25, -0.2) is 0 Å². The molecule has 2 heterocycles. The molecule has 15 heavy (non-hydrogen) atoms. The van der Waals surface area contributed by atoms with Crippen molar-refractivity contribution in [2.75, 3.05) is 18.5 Å². The van der Waals surface area contributed by atoms with Gasteiger partial charge in [0, 0.05) is 29.3 Å². The van der Waals surface area contributed by atoms with Crippen molar-refractivity contribution in [3.63, 3.8) is 0 Å². The second kappa shape index (κ2) is 5.43. The molecule has 2 atom stereocenters. The summed E-state index contributed by atoms with van der Waals surface area (Å²) in [4.78, 5) is 3.94. The predicted molar refractivity (Wildman–Crippen MR) is 67.7 cm³/mol. The Labute approximate surface area is 103 Å². The van der Waals surface area contributed by atoms with Crippen molar-refractivity contribution in [3.8, 4) is 0 Å². The number of morpholine rings is 1. The minimum absolute atomic E-state index is 0.348. The second-order valence-corrected chi connectivity index (χ2v) is 5.65. The Morgan fingerprint density at radius 3 is 3.20 bits per heavy atom. The van der Waals surface area contributed by atoms with Gasteiger partial charge in [0.15, 0.2) is 0 Å². The SMILES string of the molecule is CC1COC(CBr)CN1Cc1cccs1. The number of thiophene rings is 1. The van der Waals surface area contributed by atoms with Crippen LogP contribution in [0.4, 0.5) is 0 Å². The van der Waals surface area contributed by atoms with Gasteiger partial charge in [0.2, 0.25) is 0 Å². The lowest BCUT2D eigenvalue weighted by Gasteiger charge is -2.37. The van der Waals surface area contributed by atoms with Crippen molar-refractivity contribution in [2.45, 2.75) is 25.6 Å². The van der Waals surface area contributed by atoms with E-state index < -0.39 is 0 Å². The molecule has 84 valence electrons. The molecule has 1 aromatic rings. The summed E-state index contributed by atoms with van der Waals surface area (Å²) in [7, 11) is 0. The van der Waals surface area contributed by atoms with Crippen LogP contribution in [-0.2, 0) is 11.3 Å². The molecule has 0 radical (unpaired) electrons. The normalized spacial score (nSPS) is 28.1. The standard InChI is InChI=1S/C11H16BrNOS/c1-9-8-14-10(5-12)6-13(9)7-11-3-2-4-15-11/h2-4,9-10H,5-8H2,1H3. The van der Waals surface area contributed by atoms with Crippen molar-refractivity contribution in [2.24, 2.45) is 0 Å². The molecule has 0 bridgehead atoms. The van der Waals surface area contributed by atoms with Gasteiger partial charge >= 0.3 is 0 Å². The first-order valence-electron chi connectivity index (χ1n) is 5.23. The number of rotatable bonds is 3. The average molecular weight is 290 g/mol. The lowest BCUT2D eigenvalue weighted by atomic mass is 10.2. The molecule has 0 N–H and O–H groups in total. The molecule has 4 heteroatoms. The average Bonchev–Trinajstić information content (AvgIpc) is 2.74. The fraction of sp³-hybridized carbons (Fsp3) is 0.636. The molecule has 0 amide bonds. The van der Waals surface area contributed by atoms with E-state index in [0.717, 1.165) is 25.0 Å². The van der Waals surface area contributed by atoms with Crippen LogP contribution in [0.1, 0.15) is 11.8 Å². The maximum atomic E-state index is 5.70. The number of hydrogen-bond donors (Lipinski definition) is 0. The zero-order chi connectivity index (χ0) is 10.7. The Bertz CT molecular complexity index is 291. The molecule has 0 aliphatic carbocycles. The molecule has 0 saturated carbocycles. The van der Waals surface area contributed by atoms with Gasteiger partial charge in [-0.1, -0.05) is 22.0 Å². The highest BCUT2D eigenvalue weighted by Gasteiger charge is 2.25. The van der Waals surface area contributed by atoms with Crippen LogP contribution < -0.4 is 0 Å². The van der Waals surface area contributed by atoms with Crippen molar-refractivity contribution < 1.29 is 4.74 Å². The van der Waals surface area contributed by atoms with E-state index in [-0.39, 0.29) is 0 Å². The summed E-state index contributed by atoms with van der Waals surface area (Å²) in [5.74, 6) is 0. The van der Waals surface area contributed by atoms with Crippen LogP contribution in [0, 0.1) is 0 Å². The van der Waals surface area contributed by atoms with Crippen LogP contribution in [0.3, 0.4) is 0 Å². The molecular formula is C11H16BrNOS. The molecule has 0 spiro atoms. The third kappa shape index (κ3) is 3.03. The summed E-state index contributed by atoms with van der Waals surface area (Å²) in [6.07, 6.45) is 0.348. The highest BCUT2D eigenvalue weighted by atomic mass is 79.9. The molecule has 2 unspecified atom stereocenters. The van der Waals surface area contributed by atoms with E-state index in [1.807, 2.05) is 11.3 Å². The van der Waals surface area contributed by atoms with E-state index >= 15 is 0 Å². The molecule has 0 aromatic carbocycles. The smallest absolute Gasteiger partial charge is 0.0799 e. The Morgan fingerprint density at radius 1 is 1.67 bits per heavy atom. The van der Waals surface area contributed by atoms with Gasteiger partial charge in [-0.15, -0.1) is 11.3 Å². The third-order valence-corrected chi connectivity index (χ3v) is 4.33. The maximum Gasteiger partial charge on any atom is 0.0799 e. The molecule has 1 saturated heterocycles. The Kier molecular flexibility index (Phi) is 4.20. The molecule has 1 fully saturated rings. The summed E-state index contributed by atoms with van der Waals surface area (Å²) in [5, 5.41) is 3.07. The van der Waals surface area contributed by atoms with Gasteiger partial charge in [-0.05, 0) is 18.4 Å². The highest BCUT2D eigenvalue weighted by Crippen LogP contribution is 2.18. The zero-order valence-corrected chi connectivity index (χ0v) is 11.3. The fourth-order valence-corrected chi connectivity index (χ4v) is 2.91. The summed E-state index contributed by atoms with van der Waals surface area (Å²) in [6, 6.07) is 4.85. The van der Waals surface area contributed by atoms with Gasteiger partial charge < -0.3 is 4.74 Å². The number of ether oxygens (including phenoxy) is 1. The molecular weight excluding hydrogens is 274 g/mol. The van der Waals surface area contributed by atoms with E-state index in [2.05, 4.69) is 45.3 Å². The minimum Gasteiger partial charge on any atom is -0.374 e. The largest absolute Gasteiger partial charge is 0.374 e. The summed E-state index contributed by atoms with van der Waals surface area (Å²) in [6.45, 7) is 5.18. The summed E-state index contributed by atoms with van der Waals surface area (Å²) >= 11 is 5.32. The summed E-state index contributed by atoms with van der Waals surface area (Å²) in [5.41, 5.74) is 0. The first kappa shape index (κ1) is 11.6. The molecule has 1 aliphatic heterocycles. The Balaban J connectivity index is 1.94. The Hall–Kier alpha value is 0.100. The number of alkyl halides is 1. The maximum absolute atomic E-state index is 5.70. The van der Waals surface area contributed by atoms with Crippen LogP contribution >= 0.6 is 27.3 Å². The molecule has 2 rings (SSSR count). The second-order valence-electron chi connectivity index (χ2n) is 3.97. The van der Waals surface area contributed by atoms with Crippen LogP contribution in [0.2, 0.25) is 0 Å². The Morgan fingerprint density at radius 2 is 2.53 bits per heavy atom. The summed E-state index contributed by atoms with van der Waals surface area (Å²) < 4.78 is 5.70. The van der Waals surface area contributed by atoms with E-state index in [9.17, 15) is 0 Å². The van der Waals surface area contributed by atoms with Crippen molar-refractivity contribution >= 4 is 27.3 Å². The zero-order valence-electron chi connectivity index (χ0n) is 8.86. The van der Waals surface area contributed by atoms with E-state index in [0.29, 0.717) is 12.1 Å².